The fourth-order valence-corrected chi connectivity index (χ4v) is 3.06. The van der Waals surface area contributed by atoms with Crippen molar-refractivity contribution >= 4 is 11.8 Å². The maximum atomic E-state index is 2.31. The van der Waals surface area contributed by atoms with Gasteiger partial charge in [0.2, 0.25) is 0 Å². The predicted molar refractivity (Wildman–Crippen MR) is 89.7 cm³/mol. The van der Waals surface area contributed by atoms with Gasteiger partial charge in [0.15, 0.2) is 0 Å². The van der Waals surface area contributed by atoms with Crippen molar-refractivity contribution in [2.45, 2.75) is 55.7 Å². The van der Waals surface area contributed by atoms with Gasteiger partial charge < -0.3 is 0 Å². The second-order valence-corrected chi connectivity index (χ2v) is 6.72. The van der Waals surface area contributed by atoms with E-state index in [0.717, 1.165) is 0 Å². The summed E-state index contributed by atoms with van der Waals surface area (Å²) in [6.07, 6.45) is 3.74. The summed E-state index contributed by atoms with van der Waals surface area (Å²) in [7, 11) is 0. The van der Waals surface area contributed by atoms with Crippen molar-refractivity contribution in [1.82, 2.24) is 0 Å². The first-order valence-corrected chi connectivity index (χ1v) is 8.37. The molecule has 0 amide bonds. The summed E-state index contributed by atoms with van der Waals surface area (Å²) in [4.78, 5) is 2.66. The summed E-state index contributed by atoms with van der Waals surface area (Å²) in [6.45, 7) is 6.73. The molecule has 2 aromatic carbocycles. The van der Waals surface area contributed by atoms with Gasteiger partial charge in [0.1, 0.15) is 0 Å². The third-order valence-electron chi connectivity index (χ3n) is 3.50. The van der Waals surface area contributed by atoms with E-state index in [-0.39, 0.29) is 0 Å². The van der Waals surface area contributed by atoms with E-state index in [1.807, 2.05) is 11.8 Å². The molecule has 0 heterocycles. The second kappa shape index (κ2) is 7.54. The molecular formula is C19H24S. The first kappa shape index (κ1) is 15.2. The average Bonchev–Trinajstić information content (AvgIpc) is 2.47. The van der Waals surface area contributed by atoms with Crippen LogP contribution in [0.2, 0.25) is 0 Å². The minimum Gasteiger partial charge on any atom is -0.0901 e. The lowest BCUT2D eigenvalue weighted by atomic mass is 10.0. The summed E-state index contributed by atoms with van der Waals surface area (Å²) < 4.78 is 0. The summed E-state index contributed by atoms with van der Waals surface area (Å²) in [5.41, 5.74) is 2.86. The molecule has 0 radical (unpaired) electrons. The Morgan fingerprint density at radius 3 is 2.35 bits per heavy atom. The summed E-state index contributed by atoms with van der Waals surface area (Å²) in [5.74, 6) is 0.590. The van der Waals surface area contributed by atoms with E-state index in [0.29, 0.717) is 5.92 Å². The van der Waals surface area contributed by atoms with Crippen LogP contribution in [-0.4, -0.2) is 0 Å². The van der Waals surface area contributed by atoms with Crippen molar-refractivity contribution in [3.05, 3.63) is 59.7 Å². The highest BCUT2D eigenvalue weighted by Gasteiger charge is 2.02. The van der Waals surface area contributed by atoms with E-state index in [2.05, 4.69) is 69.3 Å². The second-order valence-electron chi connectivity index (χ2n) is 5.58. The Bertz CT molecular complexity index is 526. The minimum atomic E-state index is 0.590. The predicted octanol–water partition coefficient (Wildman–Crippen LogP) is 6.30. The molecule has 0 spiro atoms. The molecule has 0 saturated heterocycles. The number of hydrogen-bond donors (Lipinski definition) is 0. The highest BCUT2D eigenvalue weighted by molar-refractivity contribution is 7.99. The quantitative estimate of drug-likeness (QED) is 0.599. The van der Waals surface area contributed by atoms with Gasteiger partial charge in [0, 0.05) is 9.79 Å². The molecule has 0 saturated carbocycles. The van der Waals surface area contributed by atoms with Crippen LogP contribution in [0.4, 0.5) is 0 Å². The van der Waals surface area contributed by atoms with Crippen molar-refractivity contribution < 1.29 is 0 Å². The monoisotopic (exact) mass is 284 g/mol. The highest BCUT2D eigenvalue weighted by Crippen LogP contribution is 2.30. The Balaban J connectivity index is 2.04. The molecule has 0 unspecified atom stereocenters. The number of benzene rings is 2. The first-order valence-electron chi connectivity index (χ1n) is 7.56. The molecule has 0 fully saturated rings. The Hall–Kier alpha value is -1.21. The molecule has 0 aliphatic carbocycles. The van der Waals surface area contributed by atoms with Crippen molar-refractivity contribution in [2.75, 3.05) is 0 Å². The van der Waals surface area contributed by atoms with Crippen LogP contribution in [0.1, 0.15) is 50.7 Å². The molecule has 0 N–H and O–H groups in total. The number of rotatable bonds is 6. The molecule has 20 heavy (non-hydrogen) atoms. The largest absolute Gasteiger partial charge is 0.0901 e. The SMILES string of the molecule is CCCCc1ccc(Sc2cccc(C(C)C)c2)cc1. The molecule has 2 aromatic rings. The van der Waals surface area contributed by atoms with E-state index in [1.165, 1.54) is 40.2 Å². The van der Waals surface area contributed by atoms with Gasteiger partial charge >= 0.3 is 0 Å². The number of hydrogen-bond acceptors (Lipinski definition) is 1. The van der Waals surface area contributed by atoms with Crippen LogP contribution in [0.3, 0.4) is 0 Å². The van der Waals surface area contributed by atoms with Gasteiger partial charge in [-0.15, -0.1) is 0 Å². The van der Waals surface area contributed by atoms with Crippen molar-refractivity contribution in [2.24, 2.45) is 0 Å². The first-order chi connectivity index (χ1) is 9.69. The van der Waals surface area contributed by atoms with Gasteiger partial charge in [-0.1, -0.05) is 63.2 Å². The Morgan fingerprint density at radius 1 is 0.950 bits per heavy atom. The summed E-state index contributed by atoms with van der Waals surface area (Å²) in [5, 5.41) is 0. The zero-order chi connectivity index (χ0) is 14.4. The fourth-order valence-electron chi connectivity index (χ4n) is 2.18. The minimum absolute atomic E-state index is 0.590. The van der Waals surface area contributed by atoms with Gasteiger partial charge in [-0.05, 0) is 54.2 Å². The third-order valence-corrected chi connectivity index (χ3v) is 4.50. The topological polar surface area (TPSA) is 0 Å². The van der Waals surface area contributed by atoms with Gasteiger partial charge in [-0.3, -0.25) is 0 Å². The Kier molecular flexibility index (Phi) is 5.72. The lowest BCUT2D eigenvalue weighted by Crippen LogP contribution is -1.87. The van der Waals surface area contributed by atoms with Crippen molar-refractivity contribution in [1.29, 1.82) is 0 Å². The molecule has 0 aliphatic heterocycles. The molecule has 0 bridgehead atoms. The smallest absolute Gasteiger partial charge is 0.0125 e. The zero-order valence-electron chi connectivity index (χ0n) is 12.7. The van der Waals surface area contributed by atoms with E-state index in [1.54, 1.807) is 0 Å². The van der Waals surface area contributed by atoms with Gasteiger partial charge in [0.25, 0.3) is 0 Å². The third kappa shape index (κ3) is 4.42. The van der Waals surface area contributed by atoms with Crippen LogP contribution < -0.4 is 0 Å². The van der Waals surface area contributed by atoms with E-state index in [9.17, 15) is 0 Å². The van der Waals surface area contributed by atoms with Gasteiger partial charge in [-0.25, -0.2) is 0 Å². The molecule has 0 aliphatic rings. The molecule has 0 aromatic heterocycles. The maximum Gasteiger partial charge on any atom is 0.0125 e. The lowest BCUT2D eigenvalue weighted by molar-refractivity contribution is 0.794. The lowest BCUT2D eigenvalue weighted by Gasteiger charge is -2.08. The average molecular weight is 284 g/mol. The highest BCUT2D eigenvalue weighted by atomic mass is 32.2. The fraction of sp³-hybridized carbons (Fsp3) is 0.368. The van der Waals surface area contributed by atoms with Crippen LogP contribution in [0.5, 0.6) is 0 Å². The van der Waals surface area contributed by atoms with Crippen molar-refractivity contribution in [3.8, 4) is 0 Å². The zero-order valence-corrected chi connectivity index (χ0v) is 13.5. The Labute approximate surface area is 127 Å². The van der Waals surface area contributed by atoms with Crippen LogP contribution in [0.15, 0.2) is 58.3 Å². The molecule has 1 heteroatoms. The maximum absolute atomic E-state index is 2.31. The summed E-state index contributed by atoms with van der Waals surface area (Å²) in [6, 6.07) is 17.9. The molecule has 106 valence electrons. The van der Waals surface area contributed by atoms with Crippen LogP contribution in [0.25, 0.3) is 0 Å². The van der Waals surface area contributed by atoms with Gasteiger partial charge in [-0.2, -0.15) is 0 Å². The molecular weight excluding hydrogens is 260 g/mol. The standard InChI is InChI=1S/C19H24S/c1-4-5-7-16-10-12-18(13-11-16)20-19-9-6-8-17(14-19)15(2)3/h6,8-15H,4-5,7H2,1-3H3. The van der Waals surface area contributed by atoms with E-state index >= 15 is 0 Å². The number of aryl methyl sites for hydroxylation is 1. The molecule has 2 rings (SSSR count). The molecule has 0 nitrogen and oxygen atoms in total. The van der Waals surface area contributed by atoms with Crippen LogP contribution >= 0.6 is 11.8 Å². The van der Waals surface area contributed by atoms with E-state index in [4.69, 9.17) is 0 Å². The van der Waals surface area contributed by atoms with Crippen molar-refractivity contribution in [3.63, 3.8) is 0 Å². The normalized spacial score (nSPS) is 11.0. The summed E-state index contributed by atoms with van der Waals surface area (Å²) >= 11 is 1.85. The van der Waals surface area contributed by atoms with E-state index < -0.39 is 0 Å². The van der Waals surface area contributed by atoms with Crippen LogP contribution in [0, 0.1) is 0 Å². The molecule has 0 atom stereocenters. The Morgan fingerprint density at radius 2 is 1.70 bits per heavy atom. The van der Waals surface area contributed by atoms with Gasteiger partial charge in [0.05, 0.1) is 0 Å². The number of unbranched alkanes of at least 4 members (excludes halogenated alkanes) is 1. The van der Waals surface area contributed by atoms with Crippen LogP contribution in [-0.2, 0) is 6.42 Å².